The molecule has 1 aromatic carbocycles. The fraction of sp³-hybridized carbons (Fsp3) is 0.400. The van der Waals surface area contributed by atoms with E-state index in [1.54, 1.807) is 0 Å². The van der Waals surface area contributed by atoms with Gasteiger partial charge >= 0.3 is 0 Å². The van der Waals surface area contributed by atoms with Gasteiger partial charge in [-0.2, -0.15) is 0 Å². The number of hydrazine groups is 1. The number of rotatable bonds is 7. The summed E-state index contributed by atoms with van der Waals surface area (Å²) in [5, 5.41) is 10.2. The first kappa shape index (κ1) is 14.7. The Morgan fingerprint density at radius 3 is 2.80 bits per heavy atom. The molecular formula is C15H22N4O. The lowest BCUT2D eigenvalue weighted by atomic mass is 10.1. The van der Waals surface area contributed by atoms with Crippen LogP contribution >= 0.6 is 0 Å². The Morgan fingerprint density at radius 1 is 1.30 bits per heavy atom. The largest absolute Gasteiger partial charge is 0.395 e. The Labute approximate surface area is 119 Å². The van der Waals surface area contributed by atoms with Crippen molar-refractivity contribution < 1.29 is 5.11 Å². The molecule has 0 spiro atoms. The van der Waals surface area contributed by atoms with E-state index in [0.29, 0.717) is 12.4 Å². The summed E-state index contributed by atoms with van der Waals surface area (Å²) in [7, 11) is 0. The molecule has 2 aromatic rings. The first-order chi connectivity index (χ1) is 9.78. The Bertz CT molecular complexity index is 553. The maximum Gasteiger partial charge on any atom is 0.145 e. The number of hydrogen-bond acceptors (Lipinski definition) is 5. The normalized spacial score (nSPS) is 11.2. The number of nitrogens with one attached hydrogen (secondary N) is 1. The first-order valence-electron chi connectivity index (χ1n) is 6.97. The van der Waals surface area contributed by atoms with E-state index >= 15 is 0 Å². The van der Waals surface area contributed by atoms with Crippen molar-refractivity contribution in [3.05, 3.63) is 35.9 Å². The van der Waals surface area contributed by atoms with Crippen molar-refractivity contribution in [2.45, 2.75) is 19.9 Å². The topological polar surface area (TPSA) is 74.4 Å². The van der Waals surface area contributed by atoms with Crippen LogP contribution in [0.3, 0.4) is 0 Å². The second-order valence-electron chi connectivity index (χ2n) is 4.83. The van der Waals surface area contributed by atoms with E-state index in [0.717, 1.165) is 36.0 Å². The van der Waals surface area contributed by atoms with Crippen molar-refractivity contribution in [3.63, 3.8) is 0 Å². The van der Waals surface area contributed by atoms with Crippen LogP contribution in [-0.2, 0) is 6.54 Å². The van der Waals surface area contributed by atoms with Crippen molar-refractivity contribution in [2.24, 2.45) is 5.84 Å². The van der Waals surface area contributed by atoms with E-state index in [1.807, 2.05) is 24.3 Å². The van der Waals surface area contributed by atoms with E-state index in [4.69, 9.17) is 10.9 Å². The van der Waals surface area contributed by atoms with Crippen molar-refractivity contribution in [3.8, 4) is 0 Å². The maximum atomic E-state index is 9.14. The highest BCUT2D eigenvalue weighted by molar-refractivity contribution is 5.81. The lowest BCUT2D eigenvalue weighted by Crippen LogP contribution is -2.28. The summed E-state index contributed by atoms with van der Waals surface area (Å²) in [6, 6.07) is 10.1. The van der Waals surface area contributed by atoms with Gasteiger partial charge in [-0.15, -0.1) is 0 Å². The van der Waals surface area contributed by atoms with Gasteiger partial charge in [0, 0.05) is 24.0 Å². The summed E-state index contributed by atoms with van der Waals surface area (Å²) in [6.07, 6.45) is 1.05. The molecule has 0 unspecified atom stereocenters. The molecular weight excluding hydrogens is 252 g/mol. The number of nitrogen functional groups attached to an aromatic ring is 1. The number of nitrogens with zero attached hydrogens (tertiary/aromatic N) is 2. The molecule has 0 amide bonds. The number of anilines is 1. The van der Waals surface area contributed by atoms with Gasteiger partial charge in [-0.3, -0.25) is 4.90 Å². The number of pyridine rings is 1. The van der Waals surface area contributed by atoms with E-state index in [1.165, 1.54) is 0 Å². The van der Waals surface area contributed by atoms with E-state index in [9.17, 15) is 0 Å². The lowest BCUT2D eigenvalue weighted by molar-refractivity contribution is 0.190. The number of aliphatic hydroxyl groups is 1. The van der Waals surface area contributed by atoms with Gasteiger partial charge in [0.1, 0.15) is 5.82 Å². The van der Waals surface area contributed by atoms with E-state index in [2.05, 4.69) is 28.3 Å². The summed E-state index contributed by atoms with van der Waals surface area (Å²) >= 11 is 0. The van der Waals surface area contributed by atoms with Crippen molar-refractivity contribution >= 4 is 16.7 Å². The van der Waals surface area contributed by atoms with Gasteiger partial charge in [-0.1, -0.05) is 25.1 Å². The van der Waals surface area contributed by atoms with Crippen LogP contribution in [0.15, 0.2) is 30.3 Å². The molecule has 5 heteroatoms. The molecule has 2 rings (SSSR count). The van der Waals surface area contributed by atoms with Gasteiger partial charge in [-0.05, 0) is 25.1 Å². The summed E-state index contributed by atoms with van der Waals surface area (Å²) in [5.41, 5.74) is 4.65. The molecule has 5 nitrogen and oxygen atoms in total. The second-order valence-corrected chi connectivity index (χ2v) is 4.83. The van der Waals surface area contributed by atoms with Crippen molar-refractivity contribution in [1.82, 2.24) is 9.88 Å². The maximum absolute atomic E-state index is 9.14. The molecule has 0 bridgehead atoms. The second kappa shape index (κ2) is 7.19. The molecule has 0 atom stereocenters. The predicted molar refractivity (Wildman–Crippen MR) is 82.2 cm³/mol. The molecule has 0 aliphatic rings. The zero-order chi connectivity index (χ0) is 14.4. The number of benzene rings is 1. The molecule has 1 heterocycles. The zero-order valence-electron chi connectivity index (χ0n) is 11.8. The molecule has 0 radical (unpaired) electrons. The third-order valence-corrected chi connectivity index (χ3v) is 3.29. The number of aromatic nitrogens is 1. The highest BCUT2D eigenvalue weighted by atomic mass is 16.3. The minimum atomic E-state index is 0.159. The molecule has 4 N–H and O–H groups in total. The van der Waals surface area contributed by atoms with Crippen LogP contribution in [0.4, 0.5) is 5.82 Å². The van der Waals surface area contributed by atoms with Crippen LogP contribution in [0.1, 0.15) is 18.9 Å². The van der Waals surface area contributed by atoms with E-state index in [-0.39, 0.29) is 6.61 Å². The summed E-state index contributed by atoms with van der Waals surface area (Å²) < 4.78 is 0. The molecule has 0 saturated heterocycles. The minimum Gasteiger partial charge on any atom is -0.395 e. The summed E-state index contributed by atoms with van der Waals surface area (Å²) in [5.74, 6) is 6.28. The smallest absolute Gasteiger partial charge is 0.145 e. The van der Waals surface area contributed by atoms with Crippen molar-refractivity contribution in [2.75, 3.05) is 25.1 Å². The van der Waals surface area contributed by atoms with Gasteiger partial charge in [0.15, 0.2) is 0 Å². The van der Waals surface area contributed by atoms with Gasteiger partial charge in [0.05, 0.1) is 12.1 Å². The van der Waals surface area contributed by atoms with Gasteiger partial charge < -0.3 is 10.5 Å². The third kappa shape index (κ3) is 3.45. The molecule has 0 aliphatic carbocycles. The minimum absolute atomic E-state index is 0.159. The molecule has 1 aromatic heterocycles. The number of para-hydroxylation sites is 1. The van der Waals surface area contributed by atoms with Gasteiger partial charge in [0.25, 0.3) is 0 Å². The average Bonchev–Trinajstić information content (AvgIpc) is 2.47. The van der Waals surface area contributed by atoms with Crippen LogP contribution in [0.25, 0.3) is 10.9 Å². The molecule has 0 saturated carbocycles. The number of nitrogens with two attached hydrogens (primary N) is 1. The van der Waals surface area contributed by atoms with E-state index < -0.39 is 0 Å². The SMILES string of the molecule is CCCN(CCO)Cc1cc2ccccc2nc1NN. The fourth-order valence-corrected chi connectivity index (χ4v) is 2.37. The Kier molecular flexibility index (Phi) is 5.29. The van der Waals surface area contributed by atoms with Crippen LogP contribution in [-0.4, -0.2) is 34.7 Å². The number of aliphatic hydroxyl groups excluding tert-OH is 1. The predicted octanol–water partition coefficient (Wildman–Crippen LogP) is 1.72. The summed E-state index contributed by atoms with van der Waals surface area (Å²) in [4.78, 5) is 6.74. The highest BCUT2D eigenvalue weighted by Crippen LogP contribution is 2.21. The lowest BCUT2D eigenvalue weighted by Gasteiger charge is -2.22. The van der Waals surface area contributed by atoms with Crippen LogP contribution in [0, 0.1) is 0 Å². The highest BCUT2D eigenvalue weighted by Gasteiger charge is 2.10. The third-order valence-electron chi connectivity index (χ3n) is 3.29. The standard InChI is InChI=1S/C15H22N4O/c1-2-7-19(8-9-20)11-13-10-12-5-3-4-6-14(12)17-15(13)18-16/h3-6,10,20H,2,7-9,11,16H2,1H3,(H,17,18). The molecule has 0 aliphatic heterocycles. The van der Waals surface area contributed by atoms with Crippen LogP contribution < -0.4 is 11.3 Å². The first-order valence-corrected chi connectivity index (χ1v) is 6.97. The average molecular weight is 274 g/mol. The Balaban J connectivity index is 2.31. The van der Waals surface area contributed by atoms with Crippen LogP contribution in [0.2, 0.25) is 0 Å². The van der Waals surface area contributed by atoms with Crippen molar-refractivity contribution in [1.29, 1.82) is 0 Å². The Hall–Kier alpha value is -1.69. The number of fused-ring (bicyclic) bond motifs is 1. The Morgan fingerprint density at radius 2 is 2.10 bits per heavy atom. The van der Waals surface area contributed by atoms with Crippen LogP contribution in [0.5, 0.6) is 0 Å². The van der Waals surface area contributed by atoms with Gasteiger partial charge in [0.2, 0.25) is 0 Å². The quantitative estimate of drug-likeness (QED) is 0.529. The molecule has 20 heavy (non-hydrogen) atoms. The molecule has 108 valence electrons. The molecule has 0 fully saturated rings. The monoisotopic (exact) mass is 274 g/mol. The van der Waals surface area contributed by atoms with Gasteiger partial charge in [-0.25, -0.2) is 10.8 Å². The summed E-state index contributed by atoms with van der Waals surface area (Å²) in [6.45, 7) is 4.62. The number of hydrogen-bond donors (Lipinski definition) is 3. The zero-order valence-corrected chi connectivity index (χ0v) is 11.8. The fourth-order valence-electron chi connectivity index (χ4n) is 2.37.